The van der Waals surface area contributed by atoms with Gasteiger partial charge >= 0.3 is 0 Å². The van der Waals surface area contributed by atoms with E-state index in [0.29, 0.717) is 32.7 Å². The fourth-order valence-electron chi connectivity index (χ4n) is 1.86. The van der Waals surface area contributed by atoms with Crippen LogP contribution < -0.4 is 5.48 Å². The standard InChI is InChI=1S/C11H20N2O4/c1-2-3-4-9(10(14)12-16)11(15)13-5-7-17-8-6-13/h9,16H,2-8H2,1H3,(H,12,14). The molecule has 1 rings (SSSR count). The van der Waals surface area contributed by atoms with Crippen LogP contribution in [0.5, 0.6) is 0 Å². The molecule has 0 aliphatic carbocycles. The van der Waals surface area contributed by atoms with E-state index in [1.165, 1.54) is 0 Å². The summed E-state index contributed by atoms with van der Waals surface area (Å²) in [7, 11) is 0. The van der Waals surface area contributed by atoms with Gasteiger partial charge in [-0.15, -0.1) is 0 Å². The third kappa shape index (κ3) is 3.98. The minimum absolute atomic E-state index is 0.215. The lowest BCUT2D eigenvalue weighted by Gasteiger charge is -2.29. The summed E-state index contributed by atoms with van der Waals surface area (Å²) in [6.07, 6.45) is 2.17. The molecule has 1 aliphatic heterocycles. The summed E-state index contributed by atoms with van der Waals surface area (Å²) in [5.41, 5.74) is 1.58. The molecule has 98 valence electrons. The molecule has 0 spiro atoms. The number of hydrogen-bond acceptors (Lipinski definition) is 4. The Balaban J connectivity index is 2.60. The van der Waals surface area contributed by atoms with Crippen molar-refractivity contribution in [2.24, 2.45) is 5.92 Å². The van der Waals surface area contributed by atoms with Crippen LogP contribution in [0.4, 0.5) is 0 Å². The molecule has 2 amide bonds. The van der Waals surface area contributed by atoms with Gasteiger partial charge in [-0.2, -0.15) is 0 Å². The van der Waals surface area contributed by atoms with E-state index in [2.05, 4.69) is 0 Å². The smallest absolute Gasteiger partial charge is 0.255 e. The Morgan fingerprint density at radius 2 is 2.06 bits per heavy atom. The molecule has 0 saturated carbocycles. The van der Waals surface area contributed by atoms with E-state index in [0.717, 1.165) is 12.8 Å². The maximum absolute atomic E-state index is 12.1. The number of amides is 2. The largest absolute Gasteiger partial charge is 0.378 e. The van der Waals surface area contributed by atoms with Gasteiger partial charge in [-0.3, -0.25) is 14.8 Å². The lowest BCUT2D eigenvalue weighted by molar-refractivity contribution is -0.149. The second-order valence-corrected chi connectivity index (χ2v) is 4.11. The quantitative estimate of drug-likeness (QED) is 0.410. The van der Waals surface area contributed by atoms with Crippen molar-refractivity contribution in [3.8, 4) is 0 Å². The topological polar surface area (TPSA) is 78.9 Å². The minimum atomic E-state index is -0.780. The predicted octanol–water partition coefficient (Wildman–Crippen LogP) is 0.157. The summed E-state index contributed by atoms with van der Waals surface area (Å²) in [6, 6.07) is 0. The van der Waals surface area contributed by atoms with Gasteiger partial charge in [0.1, 0.15) is 5.92 Å². The first-order valence-corrected chi connectivity index (χ1v) is 6.01. The molecular weight excluding hydrogens is 224 g/mol. The Morgan fingerprint density at radius 1 is 1.41 bits per heavy atom. The summed E-state index contributed by atoms with van der Waals surface area (Å²) < 4.78 is 5.15. The molecule has 0 aromatic carbocycles. The highest BCUT2D eigenvalue weighted by Gasteiger charge is 2.30. The van der Waals surface area contributed by atoms with Gasteiger partial charge < -0.3 is 9.64 Å². The molecule has 17 heavy (non-hydrogen) atoms. The van der Waals surface area contributed by atoms with E-state index < -0.39 is 11.8 Å². The molecule has 1 aliphatic rings. The number of unbranched alkanes of at least 4 members (excludes halogenated alkanes) is 1. The van der Waals surface area contributed by atoms with E-state index in [-0.39, 0.29) is 5.91 Å². The summed E-state index contributed by atoms with van der Waals surface area (Å²) in [5, 5.41) is 8.66. The van der Waals surface area contributed by atoms with E-state index in [4.69, 9.17) is 9.94 Å². The number of nitrogens with one attached hydrogen (secondary N) is 1. The van der Waals surface area contributed by atoms with Crippen LogP contribution in [0, 0.1) is 5.92 Å². The average molecular weight is 244 g/mol. The van der Waals surface area contributed by atoms with E-state index >= 15 is 0 Å². The zero-order valence-corrected chi connectivity index (χ0v) is 10.1. The highest BCUT2D eigenvalue weighted by molar-refractivity contribution is 5.99. The first kappa shape index (κ1) is 13.9. The van der Waals surface area contributed by atoms with Crippen LogP contribution in [0.3, 0.4) is 0 Å². The summed E-state index contributed by atoms with van der Waals surface area (Å²) in [4.78, 5) is 25.2. The van der Waals surface area contributed by atoms with E-state index in [9.17, 15) is 9.59 Å². The summed E-state index contributed by atoms with van der Waals surface area (Å²) in [6.45, 7) is 4.04. The number of rotatable bonds is 5. The van der Waals surface area contributed by atoms with Crippen molar-refractivity contribution in [2.75, 3.05) is 26.3 Å². The van der Waals surface area contributed by atoms with Gasteiger partial charge in [0, 0.05) is 13.1 Å². The van der Waals surface area contributed by atoms with Gasteiger partial charge in [-0.25, -0.2) is 5.48 Å². The molecule has 1 fully saturated rings. The Hall–Kier alpha value is -1.14. The van der Waals surface area contributed by atoms with Crippen LogP contribution >= 0.6 is 0 Å². The fourth-order valence-corrected chi connectivity index (χ4v) is 1.86. The Morgan fingerprint density at radius 3 is 2.59 bits per heavy atom. The summed E-state index contributed by atoms with van der Waals surface area (Å²) >= 11 is 0. The number of hydroxylamine groups is 1. The van der Waals surface area contributed by atoms with Crippen molar-refractivity contribution in [3.63, 3.8) is 0 Å². The first-order valence-electron chi connectivity index (χ1n) is 6.01. The van der Waals surface area contributed by atoms with Crippen molar-refractivity contribution in [1.82, 2.24) is 10.4 Å². The minimum Gasteiger partial charge on any atom is -0.378 e. The number of carbonyl (C=O) groups excluding carboxylic acids is 2. The molecular formula is C11H20N2O4. The van der Waals surface area contributed by atoms with Crippen LogP contribution in [-0.4, -0.2) is 48.2 Å². The van der Waals surface area contributed by atoms with Crippen molar-refractivity contribution in [2.45, 2.75) is 26.2 Å². The number of carbonyl (C=O) groups is 2. The third-order valence-corrected chi connectivity index (χ3v) is 2.89. The Bertz CT molecular complexity index is 264. The molecule has 1 atom stereocenters. The molecule has 0 aromatic rings. The zero-order valence-electron chi connectivity index (χ0n) is 10.1. The Labute approximate surface area is 101 Å². The van der Waals surface area contributed by atoms with Crippen LogP contribution in [0.25, 0.3) is 0 Å². The first-order chi connectivity index (χ1) is 8.20. The maximum Gasteiger partial charge on any atom is 0.255 e. The molecule has 1 saturated heterocycles. The molecule has 0 bridgehead atoms. The van der Waals surface area contributed by atoms with E-state index in [1.54, 1.807) is 10.4 Å². The molecule has 6 heteroatoms. The van der Waals surface area contributed by atoms with Crippen LogP contribution in [0.2, 0.25) is 0 Å². The molecule has 6 nitrogen and oxygen atoms in total. The van der Waals surface area contributed by atoms with Gasteiger partial charge in [0.2, 0.25) is 5.91 Å². The van der Waals surface area contributed by atoms with Crippen molar-refractivity contribution in [1.29, 1.82) is 0 Å². The molecule has 2 N–H and O–H groups in total. The fraction of sp³-hybridized carbons (Fsp3) is 0.818. The van der Waals surface area contributed by atoms with Gasteiger partial charge in [-0.05, 0) is 6.42 Å². The number of ether oxygens (including phenoxy) is 1. The normalized spacial score (nSPS) is 17.6. The van der Waals surface area contributed by atoms with Crippen LogP contribution in [0.1, 0.15) is 26.2 Å². The van der Waals surface area contributed by atoms with Crippen LogP contribution in [0.15, 0.2) is 0 Å². The van der Waals surface area contributed by atoms with Crippen molar-refractivity contribution < 1.29 is 19.5 Å². The van der Waals surface area contributed by atoms with Crippen molar-refractivity contribution >= 4 is 11.8 Å². The van der Waals surface area contributed by atoms with E-state index in [1.807, 2.05) is 6.92 Å². The SMILES string of the molecule is CCCCC(C(=O)NO)C(=O)N1CCOCC1. The molecule has 0 aromatic heterocycles. The second kappa shape index (κ2) is 7.24. The predicted molar refractivity (Wildman–Crippen MR) is 60.3 cm³/mol. The maximum atomic E-state index is 12.1. The number of nitrogens with zero attached hydrogens (tertiary/aromatic N) is 1. The third-order valence-electron chi connectivity index (χ3n) is 2.89. The zero-order chi connectivity index (χ0) is 12.7. The number of hydrogen-bond donors (Lipinski definition) is 2. The lowest BCUT2D eigenvalue weighted by atomic mass is 9.99. The molecule has 1 unspecified atom stereocenters. The summed E-state index contributed by atoms with van der Waals surface area (Å²) in [5.74, 6) is -1.61. The second-order valence-electron chi connectivity index (χ2n) is 4.11. The Kier molecular flexibility index (Phi) is 5.93. The highest BCUT2D eigenvalue weighted by Crippen LogP contribution is 2.13. The molecule has 1 heterocycles. The van der Waals surface area contributed by atoms with Crippen molar-refractivity contribution in [3.05, 3.63) is 0 Å². The highest BCUT2D eigenvalue weighted by atomic mass is 16.5. The monoisotopic (exact) mass is 244 g/mol. The number of morpholine rings is 1. The van der Waals surface area contributed by atoms with Gasteiger partial charge in [0.05, 0.1) is 13.2 Å². The van der Waals surface area contributed by atoms with Gasteiger partial charge in [0.15, 0.2) is 0 Å². The van der Waals surface area contributed by atoms with Gasteiger partial charge in [0.25, 0.3) is 5.91 Å². The lowest BCUT2D eigenvalue weighted by Crippen LogP contribution is -2.47. The van der Waals surface area contributed by atoms with Crippen LogP contribution in [-0.2, 0) is 14.3 Å². The molecule has 0 radical (unpaired) electrons. The van der Waals surface area contributed by atoms with Gasteiger partial charge in [-0.1, -0.05) is 19.8 Å². The average Bonchev–Trinajstić information content (AvgIpc) is 2.39.